The van der Waals surface area contributed by atoms with Gasteiger partial charge in [0.2, 0.25) is 5.91 Å². The number of nitrogens with one attached hydrogen (secondary N) is 3. The van der Waals surface area contributed by atoms with Gasteiger partial charge in [-0.1, -0.05) is 38.1 Å². The maximum atomic E-state index is 13.3. The molecule has 3 atom stereocenters. The van der Waals surface area contributed by atoms with E-state index >= 15 is 0 Å². The first-order valence-electron chi connectivity index (χ1n) is 13.8. The highest BCUT2D eigenvalue weighted by Gasteiger charge is 2.38. The number of aromatic nitrogens is 4. The maximum Gasteiger partial charge on any atom is 0.323 e. The van der Waals surface area contributed by atoms with Gasteiger partial charge in [-0.2, -0.15) is 0 Å². The number of rotatable bonds is 11. The molecule has 0 aliphatic carbocycles. The molecule has 4 rings (SSSR count). The molecule has 1 aliphatic rings. The van der Waals surface area contributed by atoms with Gasteiger partial charge in [0.15, 0.2) is 5.82 Å². The van der Waals surface area contributed by atoms with Crippen molar-refractivity contribution in [1.82, 2.24) is 36.2 Å². The number of hydrogen-bond donors (Lipinski definition) is 3. The van der Waals surface area contributed by atoms with Crippen LogP contribution in [0.5, 0.6) is 0 Å². The number of tetrazole rings is 1. The third-order valence-corrected chi connectivity index (χ3v) is 6.73. The lowest BCUT2D eigenvalue weighted by atomic mass is 10.0. The molecule has 0 fully saturated rings. The zero-order chi connectivity index (χ0) is 29.9. The molecule has 1 unspecified atom stereocenters. The molecule has 0 bridgehead atoms. The van der Waals surface area contributed by atoms with Crippen molar-refractivity contribution < 1.29 is 23.9 Å². The van der Waals surface area contributed by atoms with Gasteiger partial charge in [0.1, 0.15) is 11.6 Å². The number of nitrogens with zero attached hydrogens (tertiary/aromatic N) is 4. The Bertz CT molecular complexity index is 1380. The molecule has 2 heterocycles. The molecule has 3 amide bonds. The Morgan fingerprint density at radius 1 is 1.00 bits per heavy atom. The molecule has 41 heavy (non-hydrogen) atoms. The van der Waals surface area contributed by atoms with Crippen molar-refractivity contribution in [2.75, 3.05) is 6.54 Å². The summed E-state index contributed by atoms with van der Waals surface area (Å²) in [6.45, 7) is 10.9. The number of carbonyl (C=O) groups excluding carboxylic acids is 4. The van der Waals surface area contributed by atoms with Gasteiger partial charge >= 0.3 is 5.97 Å². The summed E-state index contributed by atoms with van der Waals surface area (Å²) in [5, 5.41) is 21.3. The van der Waals surface area contributed by atoms with E-state index in [1.807, 2.05) is 38.1 Å². The minimum absolute atomic E-state index is 0.0320. The normalized spacial score (nSPS) is 15.6. The monoisotopic (exact) mass is 563 g/mol. The maximum absolute atomic E-state index is 13.3. The van der Waals surface area contributed by atoms with E-state index in [4.69, 9.17) is 4.74 Å². The highest BCUT2D eigenvalue weighted by Crippen LogP contribution is 2.28. The van der Waals surface area contributed by atoms with E-state index in [1.54, 1.807) is 39.8 Å². The average Bonchev–Trinajstić information content (AvgIpc) is 3.51. The Morgan fingerprint density at radius 2 is 1.61 bits per heavy atom. The fourth-order valence-corrected chi connectivity index (χ4v) is 4.78. The summed E-state index contributed by atoms with van der Waals surface area (Å²) >= 11 is 0. The quantitative estimate of drug-likeness (QED) is 0.235. The van der Waals surface area contributed by atoms with Crippen LogP contribution in [-0.4, -0.2) is 73.4 Å². The molecule has 0 radical (unpaired) electrons. The minimum atomic E-state index is -0.964. The van der Waals surface area contributed by atoms with Crippen molar-refractivity contribution in [3.05, 3.63) is 53.3 Å². The summed E-state index contributed by atoms with van der Waals surface area (Å²) in [5.41, 5.74) is -0.108. The van der Waals surface area contributed by atoms with Gasteiger partial charge in [0.25, 0.3) is 11.8 Å². The SMILES string of the molecule is CC(C)C[C@H](N[C@H](CCN1C(=O)c2cc3ccccc3cc2C1=O)C(=O)OC(C)(C)C)C(=O)NC(C)c1nnn[nH]1. The van der Waals surface area contributed by atoms with Crippen LogP contribution < -0.4 is 10.6 Å². The molecular formula is C29H37N7O5. The van der Waals surface area contributed by atoms with Gasteiger partial charge in [-0.15, -0.1) is 5.10 Å². The van der Waals surface area contributed by atoms with Crippen molar-refractivity contribution in [3.63, 3.8) is 0 Å². The summed E-state index contributed by atoms with van der Waals surface area (Å²) in [4.78, 5) is 54.3. The predicted octanol–water partition coefficient (Wildman–Crippen LogP) is 2.93. The highest BCUT2D eigenvalue weighted by atomic mass is 16.6. The molecule has 0 saturated carbocycles. The summed E-state index contributed by atoms with van der Waals surface area (Å²) in [6, 6.07) is 8.74. The Hall–Kier alpha value is -4.19. The summed E-state index contributed by atoms with van der Waals surface area (Å²) in [7, 11) is 0. The van der Waals surface area contributed by atoms with Gasteiger partial charge in [0.05, 0.1) is 23.2 Å². The Balaban J connectivity index is 1.53. The number of ether oxygens (including phenoxy) is 1. The number of esters is 1. The van der Waals surface area contributed by atoms with Crippen LogP contribution in [0.2, 0.25) is 0 Å². The summed E-state index contributed by atoms with van der Waals surface area (Å²) in [6.07, 6.45) is 0.482. The van der Waals surface area contributed by atoms with E-state index in [0.717, 1.165) is 15.7 Å². The van der Waals surface area contributed by atoms with E-state index < -0.39 is 41.5 Å². The summed E-state index contributed by atoms with van der Waals surface area (Å²) < 4.78 is 5.66. The molecule has 1 aliphatic heterocycles. The number of imide groups is 1. The Morgan fingerprint density at radius 3 is 2.12 bits per heavy atom. The zero-order valence-corrected chi connectivity index (χ0v) is 24.2. The van der Waals surface area contributed by atoms with Crippen molar-refractivity contribution >= 4 is 34.5 Å². The first kappa shape index (κ1) is 29.8. The molecule has 218 valence electrons. The lowest BCUT2D eigenvalue weighted by Gasteiger charge is -2.29. The number of benzene rings is 2. The third-order valence-electron chi connectivity index (χ3n) is 6.73. The van der Waals surface area contributed by atoms with Gasteiger partial charge in [0, 0.05) is 6.54 Å². The van der Waals surface area contributed by atoms with E-state index in [0.29, 0.717) is 23.4 Å². The third kappa shape index (κ3) is 7.12. The average molecular weight is 564 g/mol. The molecule has 0 saturated heterocycles. The van der Waals surface area contributed by atoms with Gasteiger partial charge in [-0.3, -0.25) is 29.4 Å². The lowest BCUT2D eigenvalue weighted by molar-refractivity contribution is -0.158. The van der Waals surface area contributed by atoms with Crippen LogP contribution in [0.1, 0.15) is 87.0 Å². The molecule has 3 N–H and O–H groups in total. The highest BCUT2D eigenvalue weighted by molar-refractivity contribution is 6.23. The van der Waals surface area contributed by atoms with Crippen LogP contribution in [-0.2, 0) is 14.3 Å². The Kier molecular flexibility index (Phi) is 8.81. The number of fused-ring (bicyclic) bond motifs is 2. The predicted molar refractivity (Wildman–Crippen MR) is 151 cm³/mol. The smallest absolute Gasteiger partial charge is 0.323 e. The fourth-order valence-electron chi connectivity index (χ4n) is 4.78. The van der Waals surface area contributed by atoms with Gasteiger partial charge in [-0.05, 0) is 79.8 Å². The molecule has 2 aromatic carbocycles. The van der Waals surface area contributed by atoms with Crippen molar-refractivity contribution in [3.8, 4) is 0 Å². The van der Waals surface area contributed by atoms with E-state index in [-0.39, 0.29) is 24.8 Å². The molecule has 12 nitrogen and oxygen atoms in total. The second-order valence-electron chi connectivity index (χ2n) is 11.7. The lowest BCUT2D eigenvalue weighted by Crippen LogP contribution is -2.53. The minimum Gasteiger partial charge on any atom is -0.459 e. The first-order valence-corrected chi connectivity index (χ1v) is 13.8. The van der Waals surface area contributed by atoms with E-state index in [9.17, 15) is 19.2 Å². The van der Waals surface area contributed by atoms with Crippen LogP contribution in [0.25, 0.3) is 10.8 Å². The number of H-pyrrole nitrogens is 1. The number of aromatic amines is 1. The molecular weight excluding hydrogens is 526 g/mol. The molecule has 3 aromatic rings. The zero-order valence-electron chi connectivity index (χ0n) is 24.2. The summed E-state index contributed by atoms with van der Waals surface area (Å²) in [5.74, 6) is -1.24. The van der Waals surface area contributed by atoms with Crippen LogP contribution in [0.4, 0.5) is 0 Å². The number of hydrogen-bond acceptors (Lipinski definition) is 9. The van der Waals surface area contributed by atoms with Crippen LogP contribution in [0.15, 0.2) is 36.4 Å². The van der Waals surface area contributed by atoms with Crippen molar-refractivity contribution in [2.24, 2.45) is 5.92 Å². The van der Waals surface area contributed by atoms with Gasteiger partial charge < -0.3 is 10.1 Å². The van der Waals surface area contributed by atoms with Gasteiger partial charge in [-0.25, -0.2) is 5.10 Å². The molecule has 0 spiro atoms. The van der Waals surface area contributed by atoms with Crippen LogP contribution in [0.3, 0.4) is 0 Å². The number of carbonyl (C=O) groups is 4. The van der Waals surface area contributed by atoms with Crippen LogP contribution in [0, 0.1) is 5.92 Å². The standard InChI is InChI=1S/C29H37N7O5/c1-16(2)13-23(25(37)30-17(3)24-32-34-35-33-24)31-22(28(40)41-29(4,5)6)11-12-36-26(38)20-14-18-9-7-8-10-19(18)15-21(20)27(36)39/h7-10,14-17,22-23,31H,11-13H2,1-6H3,(H,30,37)(H,32,33,34,35)/t17?,22-,23+/m1/s1. The fraction of sp³-hybridized carbons (Fsp3) is 0.483. The largest absolute Gasteiger partial charge is 0.459 e. The van der Waals surface area contributed by atoms with Crippen molar-refractivity contribution in [1.29, 1.82) is 0 Å². The second-order valence-corrected chi connectivity index (χ2v) is 11.7. The van der Waals surface area contributed by atoms with Crippen molar-refractivity contribution in [2.45, 2.75) is 78.1 Å². The first-order chi connectivity index (χ1) is 19.3. The number of amides is 3. The van der Waals surface area contributed by atoms with E-state index in [2.05, 4.69) is 31.3 Å². The van der Waals surface area contributed by atoms with E-state index in [1.165, 1.54) is 0 Å². The van der Waals surface area contributed by atoms with Crippen LogP contribution >= 0.6 is 0 Å². The Labute approximate surface area is 238 Å². The topological polar surface area (TPSA) is 159 Å². The molecule has 12 heteroatoms. The second kappa shape index (κ2) is 12.1. The molecule has 1 aromatic heterocycles.